The van der Waals surface area contributed by atoms with Gasteiger partial charge in [0.25, 0.3) is 0 Å². The number of nitrogens with one attached hydrogen (secondary N) is 1. The quantitative estimate of drug-likeness (QED) is 0.859. The highest BCUT2D eigenvalue weighted by atomic mass is 35.5. The Morgan fingerprint density at radius 2 is 2.08 bits per heavy atom. The van der Waals surface area contributed by atoms with Crippen LogP contribution in [0.5, 0.6) is 0 Å². The van der Waals surface area contributed by atoms with Gasteiger partial charge in [0.15, 0.2) is 0 Å². The highest BCUT2D eigenvalue weighted by Crippen LogP contribution is 2.54. The summed E-state index contributed by atoms with van der Waals surface area (Å²) in [5.74, 6) is 0. The zero-order valence-electron chi connectivity index (χ0n) is 14.5. The molecule has 1 N–H and O–H groups in total. The largest absolute Gasteiger partial charge is 0.360 e. The van der Waals surface area contributed by atoms with Gasteiger partial charge in [0.1, 0.15) is 0 Å². The molecule has 1 saturated heterocycles. The summed E-state index contributed by atoms with van der Waals surface area (Å²) in [6, 6.07) is 6.60. The van der Waals surface area contributed by atoms with Gasteiger partial charge in [0.05, 0.1) is 22.9 Å². The topological polar surface area (TPSA) is 52.0 Å². The number of aryl methyl sites for hydroxylation is 1. The maximum Gasteiger partial charge on any atom is 0.0997 e. The molecule has 0 aliphatic carbocycles. The van der Waals surface area contributed by atoms with Crippen LogP contribution in [0.1, 0.15) is 56.5 Å². The van der Waals surface area contributed by atoms with Crippen molar-refractivity contribution >= 4 is 11.6 Å². The molecule has 0 amide bonds. The predicted molar refractivity (Wildman–Crippen MR) is 92.8 cm³/mol. The second-order valence-corrected chi connectivity index (χ2v) is 8.08. The van der Waals surface area contributed by atoms with Crippen molar-refractivity contribution in [2.45, 2.75) is 56.9 Å². The number of halogens is 1. The highest BCUT2D eigenvalue weighted by Gasteiger charge is 2.52. The Labute approximate surface area is 147 Å². The Bertz CT molecular complexity index is 787. The molecular weight excluding hydrogens is 324 g/mol. The SMILES string of the molecule is C[C@H]1CC2(C[C@@H](c3cn(C)nn3)N1)OC(C)(C)c1cc(Cl)ccc12. The van der Waals surface area contributed by atoms with E-state index in [4.69, 9.17) is 16.3 Å². The molecule has 128 valence electrons. The first-order valence-corrected chi connectivity index (χ1v) is 8.80. The van der Waals surface area contributed by atoms with Gasteiger partial charge in [-0.05, 0) is 50.5 Å². The normalized spacial score (nSPS) is 31.4. The molecular formula is C18H23ClN4O. The van der Waals surface area contributed by atoms with Crippen molar-refractivity contribution in [3.05, 3.63) is 46.2 Å². The molecule has 1 unspecified atom stereocenters. The van der Waals surface area contributed by atoms with E-state index in [9.17, 15) is 0 Å². The van der Waals surface area contributed by atoms with Crippen LogP contribution < -0.4 is 5.32 Å². The zero-order valence-corrected chi connectivity index (χ0v) is 15.3. The molecule has 2 aliphatic rings. The van der Waals surface area contributed by atoms with E-state index in [-0.39, 0.29) is 17.2 Å². The second-order valence-electron chi connectivity index (χ2n) is 7.64. The zero-order chi connectivity index (χ0) is 17.1. The van der Waals surface area contributed by atoms with Crippen LogP contribution in [0.3, 0.4) is 0 Å². The van der Waals surface area contributed by atoms with Crippen LogP contribution >= 0.6 is 11.6 Å². The van der Waals surface area contributed by atoms with Gasteiger partial charge >= 0.3 is 0 Å². The Kier molecular flexibility index (Phi) is 3.53. The number of piperidine rings is 1. The third kappa shape index (κ3) is 2.46. The molecule has 5 nitrogen and oxygen atoms in total. The minimum absolute atomic E-state index is 0.125. The summed E-state index contributed by atoms with van der Waals surface area (Å²) in [4.78, 5) is 0. The van der Waals surface area contributed by atoms with E-state index < -0.39 is 0 Å². The first-order valence-electron chi connectivity index (χ1n) is 8.42. The van der Waals surface area contributed by atoms with Gasteiger partial charge in [-0.3, -0.25) is 4.68 Å². The van der Waals surface area contributed by atoms with Crippen LogP contribution in [-0.2, 0) is 23.0 Å². The molecule has 4 rings (SSSR count). The maximum atomic E-state index is 6.68. The lowest BCUT2D eigenvalue weighted by Gasteiger charge is -2.42. The Morgan fingerprint density at radius 1 is 1.29 bits per heavy atom. The van der Waals surface area contributed by atoms with Gasteiger partial charge in [-0.15, -0.1) is 5.10 Å². The molecule has 3 atom stereocenters. The summed E-state index contributed by atoms with van der Waals surface area (Å²) in [7, 11) is 1.89. The fourth-order valence-electron chi connectivity index (χ4n) is 4.40. The number of nitrogens with zero attached hydrogens (tertiary/aromatic N) is 3. The molecule has 3 heterocycles. The van der Waals surface area contributed by atoms with E-state index >= 15 is 0 Å². The number of benzene rings is 1. The third-order valence-electron chi connectivity index (χ3n) is 5.20. The minimum Gasteiger partial charge on any atom is -0.360 e. The lowest BCUT2D eigenvalue weighted by atomic mass is 9.77. The number of hydrogen-bond acceptors (Lipinski definition) is 4. The molecule has 2 aromatic rings. The molecule has 1 aromatic heterocycles. The summed E-state index contributed by atoms with van der Waals surface area (Å²) >= 11 is 6.25. The first kappa shape index (κ1) is 16.1. The van der Waals surface area contributed by atoms with Crippen molar-refractivity contribution in [1.29, 1.82) is 0 Å². The average molecular weight is 347 g/mol. The van der Waals surface area contributed by atoms with Gasteiger partial charge in [-0.2, -0.15) is 0 Å². The molecule has 24 heavy (non-hydrogen) atoms. The van der Waals surface area contributed by atoms with E-state index in [1.165, 1.54) is 11.1 Å². The number of ether oxygens (including phenoxy) is 1. The van der Waals surface area contributed by atoms with Crippen molar-refractivity contribution < 1.29 is 4.74 Å². The van der Waals surface area contributed by atoms with Crippen LogP contribution in [0.25, 0.3) is 0 Å². The van der Waals surface area contributed by atoms with Crippen molar-refractivity contribution in [2.75, 3.05) is 0 Å². The van der Waals surface area contributed by atoms with Gasteiger partial charge in [0.2, 0.25) is 0 Å². The Morgan fingerprint density at radius 3 is 2.79 bits per heavy atom. The first-order chi connectivity index (χ1) is 11.3. The fourth-order valence-corrected chi connectivity index (χ4v) is 4.57. The van der Waals surface area contributed by atoms with Crippen LogP contribution in [0.2, 0.25) is 5.02 Å². The van der Waals surface area contributed by atoms with Gasteiger partial charge in [0, 0.05) is 30.7 Å². The summed E-state index contributed by atoms with van der Waals surface area (Å²) in [6.45, 7) is 6.45. The molecule has 1 fully saturated rings. The van der Waals surface area contributed by atoms with Crippen LogP contribution in [0.4, 0.5) is 0 Å². The summed E-state index contributed by atoms with van der Waals surface area (Å²) in [5, 5.41) is 12.8. The lowest BCUT2D eigenvalue weighted by molar-refractivity contribution is -0.151. The molecule has 0 radical (unpaired) electrons. The number of fused-ring (bicyclic) bond motifs is 2. The third-order valence-corrected chi connectivity index (χ3v) is 5.44. The van der Waals surface area contributed by atoms with Gasteiger partial charge < -0.3 is 10.1 Å². The van der Waals surface area contributed by atoms with E-state index in [1.54, 1.807) is 4.68 Å². The predicted octanol–water partition coefficient (Wildman–Crippen LogP) is 3.44. The van der Waals surface area contributed by atoms with Crippen LogP contribution in [0.15, 0.2) is 24.4 Å². The molecule has 1 spiro atoms. The summed E-state index contributed by atoms with van der Waals surface area (Å²) < 4.78 is 8.42. The molecule has 1 aromatic carbocycles. The maximum absolute atomic E-state index is 6.68. The Balaban J connectivity index is 1.77. The fraction of sp³-hybridized carbons (Fsp3) is 0.556. The van der Waals surface area contributed by atoms with Crippen molar-refractivity contribution in [3.63, 3.8) is 0 Å². The Hall–Kier alpha value is -1.43. The summed E-state index contributed by atoms with van der Waals surface area (Å²) in [5.41, 5.74) is 2.77. The smallest absolute Gasteiger partial charge is 0.0997 e. The number of hydrogen-bond donors (Lipinski definition) is 1. The van der Waals surface area contributed by atoms with Crippen molar-refractivity contribution in [3.8, 4) is 0 Å². The van der Waals surface area contributed by atoms with E-state index in [0.717, 1.165) is 23.6 Å². The number of rotatable bonds is 1. The molecule has 2 aliphatic heterocycles. The number of aromatic nitrogens is 3. The van der Waals surface area contributed by atoms with E-state index in [0.29, 0.717) is 6.04 Å². The second kappa shape index (κ2) is 5.28. The molecule has 6 heteroatoms. The molecule has 0 bridgehead atoms. The van der Waals surface area contributed by atoms with E-state index in [2.05, 4.69) is 48.5 Å². The standard InChI is InChI=1S/C18H23ClN4O/c1-11-8-18(9-15(20-11)16-10-23(4)22-21-16)13-6-5-12(19)7-14(13)17(2,3)24-18/h5-7,10-11,15,20H,8-9H2,1-4H3/t11-,15-,18?/m0/s1. The lowest BCUT2D eigenvalue weighted by Crippen LogP contribution is -2.47. The average Bonchev–Trinajstić information content (AvgIpc) is 2.99. The van der Waals surface area contributed by atoms with Crippen LogP contribution in [-0.4, -0.2) is 21.0 Å². The molecule has 0 saturated carbocycles. The minimum atomic E-state index is -0.343. The van der Waals surface area contributed by atoms with Gasteiger partial charge in [-0.25, -0.2) is 0 Å². The van der Waals surface area contributed by atoms with Crippen molar-refractivity contribution in [1.82, 2.24) is 20.3 Å². The van der Waals surface area contributed by atoms with E-state index in [1.807, 2.05) is 19.3 Å². The van der Waals surface area contributed by atoms with Gasteiger partial charge in [-0.1, -0.05) is 22.9 Å². The monoisotopic (exact) mass is 346 g/mol. The van der Waals surface area contributed by atoms with Crippen LogP contribution in [0, 0.1) is 0 Å². The summed E-state index contributed by atoms with van der Waals surface area (Å²) in [6.07, 6.45) is 3.75. The highest BCUT2D eigenvalue weighted by molar-refractivity contribution is 6.30. The van der Waals surface area contributed by atoms with Crippen molar-refractivity contribution in [2.24, 2.45) is 7.05 Å².